The van der Waals surface area contributed by atoms with Crippen LogP contribution in [0.1, 0.15) is 46.5 Å². The van der Waals surface area contributed by atoms with Crippen molar-refractivity contribution >= 4 is 16.9 Å². The quantitative estimate of drug-likeness (QED) is 0.822. The van der Waals surface area contributed by atoms with Crippen LogP contribution in [-0.2, 0) is 0 Å². The third-order valence-corrected chi connectivity index (χ3v) is 4.26. The minimum atomic E-state index is 0.410. The topological polar surface area (TPSA) is 27.6 Å². The molecule has 2 heterocycles. The van der Waals surface area contributed by atoms with E-state index in [9.17, 15) is 0 Å². The lowest BCUT2D eigenvalue weighted by Crippen LogP contribution is -2.43. The average molecular weight is 255 g/mol. The van der Waals surface area contributed by atoms with Crippen molar-refractivity contribution in [2.24, 2.45) is 10.4 Å². The van der Waals surface area contributed by atoms with Crippen LogP contribution in [0.2, 0.25) is 0 Å². The Labute approximate surface area is 109 Å². The molecule has 4 heteroatoms. The Balaban J connectivity index is 1.73. The van der Waals surface area contributed by atoms with Crippen LogP contribution in [0.15, 0.2) is 4.99 Å². The Hall–Kier alpha value is -0.220. The molecule has 2 rings (SSSR count). The molecule has 0 radical (unpaired) electrons. The fourth-order valence-electron chi connectivity index (χ4n) is 2.41. The van der Waals surface area contributed by atoms with Crippen molar-refractivity contribution in [3.63, 3.8) is 0 Å². The summed E-state index contributed by atoms with van der Waals surface area (Å²) in [6.45, 7) is 10.3. The van der Waals surface area contributed by atoms with Crippen molar-refractivity contribution < 1.29 is 0 Å². The van der Waals surface area contributed by atoms with E-state index in [0.29, 0.717) is 10.7 Å². The van der Waals surface area contributed by atoms with Crippen molar-refractivity contribution in [3.8, 4) is 0 Å². The van der Waals surface area contributed by atoms with Gasteiger partial charge in [-0.05, 0) is 24.7 Å². The van der Waals surface area contributed by atoms with Crippen molar-refractivity contribution in [1.82, 2.24) is 10.4 Å². The average Bonchev–Trinajstić information content (AvgIpc) is 2.64. The Kier molecular flexibility index (Phi) is 4.36. The number of nitrogens with zero attached hydrogens (tertiary/aromatic N) is 2. The monoisotopic (exact) mass is 255 g/mol. The Morgan fingerprint density at radius 2 is 2.00 bits per heavy atom. The van der Waals surface area contributed by atoms with Gasteiger partial charge in [-0.25, -0.2) is 5.01 Å². The summed E-state index contributed by atoms with van der Waals surface area (Å²) in [4.78, 5) is 4.62. The van der Waals surface area contributed by atoms with Gasteiger partial charge in [-0.3, -0.25) is 10.4 Å². The molecule has 0 amide bonds. The number of hydrogen-bond donors (Lipinski definition) is 1. The van der Waals surface area contributed by atoms with E-state index in [2.05, 4.69) is 36.2 Å². The van der Waals surface area contributed by atoms with Gasteiger partial charge in [0.25, 0.3) is 0 Å². The van der Waals surface area contributed by atoms with Crippen LogP contribution in [0.25, 0.3) is 0 Å². The van der Waals surface area contributed by atoms with Gasteiger partial charge in [0.15, 0.2) is 5.17 Å². The molecule has 0 aliphatic carbocycles. The fourth-order valence-corrected chi connectivity index (χ4v) is 3.79. The first-order valence-corrected chi connectivity index (χ1v) is 7.64. The van der Waals surface area contributed by atoms with Gasteiger partial charge in [-0.1, -0.05) is 39.0 Å². The van der Waals surface area contributed by atoms with Crippen LogP contribution in [0.5, 0.6) is 0 Å². The summed E-state index contributed by atoms with van der Waals surface area (Å²) < 4.78 is 0. The number of hydrazine groups is 1. The van der Waals surface area contributed by atoms with Crippen molar-refractivity contribution in [2.75, 3.05) is 19.6 Å². The highest BCUT2D eigenvalue weighted by molar-refractivity contribution is 8.14. The van der Waals surface area contributed by atoms with Gasteiger partial charge >= 0.3 is 0 Å². The SMILES string of the molecule is CC(C)(C)CC1CN=C(NN2CCCCC2)S1. The maximum Gasteiger partial charge on any atom is 0.171 e. The van der Waals surface area contributed by atoms with Crippen LogP contribution in [0.3, 0.4) is 0 Å². The molecule has 0 aromatic rings. The largest absolute Gasteiger partial charge is 0.298 e. The number of nitrogens with one attached hydrogen (secondary N) is 1. The summed E-state index contributed by atoms with van der Waals surface area (Å²) in [6, 6.07) is 0. The summed E-state index contributed by atoms with van der Waals surface area (Å²) in [5, 5.41) is 4.14. The normalized spacial score (nSPS) is 27.0. The molecule has 1 fully saturated rings. The molecular formula is C13H25N3S. The van der Waals surface area contributed by atoms with Crippen LogP contribution in [0.4, 0.5) is 0 Å². The van der Waals surface area contributed by atoms with Gasteiger partial charge in [-0.2, -0.15) is 0 Å². The predicted molar refractivity (Wildman–Crippen MR) is 76.3 cm³/mol. The van der Waals surface area contributed by atoms with E-state index in [0.717, 1.165) is 11.7 Å². The standard InChI is InChI=1S/C13H25N3S/c1-13(2,3)9-11-10-14-12(17-11)15-16-7-5-4-6-8-16/h11H,4-10H2,1-3H3,(H,14,15). The lowest BCUT2D eigenvalue weighted by atomic mass is 9.90. The molecule has 0 spiro atoms. The predicted octanol–water partition coefficient (Wildman–Crippen LogP) is 2.88. The molecule has 2 aliphatic rings. The summed E-state index contributed by atoms with van der Waals surface area (Å²) in [5.41, 5.74) is 3.89. The lowest BCUT2D eigenvalue weighted by Gasteiger charge is -2.27. The molecule has 0 aromatic heterocycles. The molecule has 0 bridgehead atoms. The molecule has 1 N–H and O–H groups in total. The Morgan fingerprint density at radius 3 is 2.65 bits per heavy atom. The van der Waals surface area contributed by atoms with Crippen LogP contribution in [0, 0.1) is 5.41 Å². The lowest BCUT2D eigenvalue weighted by molar-refractivity contribution is 0.196. The first-order chi connectivity index (χ1) is 8.03. The second-order valence-corrected chi connectivity index (χ2v) is 7.60. The van der Waals surface area contributed by atoms with Crippen molar-refractivity contribution in [2.45, 2.75) is 51.7 Å². The molecule has 1 saturated heterocycles. The highest BCUT2D eigenvalue weighted by Crippen LogP contribution is 2.31. The third kappa shape index (κ3) is 4.51. The van der Waals surface area contributed by atoms with E-state index in [1.165, 1.54) is 38.8 Å². The molecule has 2 aliphatic heterocycles. The molecule has 3 nitrogen and oxygen atoms in total. The minimum absolute atomic E-state index is 0.410. The number of piperidine rings is 1. The van der Waals surface area contributed by atoms with Gasteiger partial charge in [0.05, 0.1) is 6.54 Å². The van der Waals surface area contributed by atoms with Crippen LogP contribution >= 0.6 is 11.8 Å². The number of amidine groups is 1. The molecule has 1 atom stereocenters. The van der Waals surface area contributed by atoms with Crippen LogP contribution in [-0.4, -0.2) is 35.1 Å². The number of hydrogen-bond acceptors (Lipinski definition) is 4. The summed E-state index contributed by atoms with van der Waals surface area (Å²) in [6.07, 6.45) is 5.25. The number of thioether (sulfide) groups is 1. The molecule has 1 unspecified atom stereocenters. The molecule has 98 valence electrons. The smallest absolute Gasteiger partial charge is 0.171 e. The first-order valence-electron chi connectivity index (χ1n) is 6.76. The van der Waals surface area contributed by atoms with Gasteiger partial charge < -0.3 is 0 Å². The van der Waals surface area contributed by atoms with E-state index in [1.54, 1.807) is 0 Å². The molecule has 0 saturated carbocycles. The van der Waals surface area contributed by atoms with Gasteiger partial charge in [0, 0.05) is 18.3 Å². The summed E-state index contributed by atoms with van der Waals surface area (Å²) in [5.74, 6) is 0. The van der Waals surface area contributed by atoms with E-state index in [4.69, 9.17) is 0 Å². The van der Waals surface area contributed by atoms with Gasteiger partial charge in [-0.15, -0.1) is 0 Å². The highest BCUT2D eigenvalue weighted by Gasteiger charge is 2.25. The second kappa shape index (κ2) is 5.61. The van der Waals surface area contributed by atoms with Crippen molar-refractivity contribution in [3.05, 3.63) is 0 Å². The number of aliphatic imine (C=N–C) groups is 1. The van der Waals surface area contributed by atoms with E-state index in [-0.39, 0.29) is 0 Å². The first kappa shape index (κ1) is 13.2. The molecule has 0 aromatic carbocycles. The maximum atomic E-state index is 4.62. The van der Waals surface area contributed by atoms with E-state index < -0.39 is 0 Å². The molecule has 17 heavy (non-hydrogen) atoms. The van der Waals surface area contributed by atoms with E-state index >= 15 is 0 Å². The zero-order chi connectivity index (χ0) is 12.3. The van der Waals surface area contributed by atoms with E-state index in [1.807, 2.05) is 11.8 Å². The van der Waals surface area contributed by atoms with Crippen LogP contribution < -0.4 is 5.43 Å². The molecular weight excluding hydrogens is 230 g/mol. The number of rotatable bonds is 2. The maximum absolute atomic E-state index is 4.62. The zero-order valence-electron chi connectivity index (χ0n) is 11.3. The minimum Gasteiger partial charge on any atom is -0.298 e. The highest BCUT2D eigenvalue weighted by atomic mass is 32.2. The van der Waals surface area contributed by atoms with Gasteiger partial charge in [0.1, 0.15) is 0 Å². The third-order valence-electron chi connectivity index (χ3n) is 3.17. The Morgan fingerprint density at radius 1 is 1.29 bits per heavy atom. The Bertz CT molecular complexity index is 277. The summed E-state index contributed by atoms with van der Waals surface area (Å²) >= 11 is 1.93. The summed E-state index contributed by atoms with van der Waals surface area (Å²) in [7, 11) is 0. The fraction of sp³-hybridized carbons (Fsp3) is 0.923. The second-order valence-electron chi connectivity index (χ2n) is 6.31. The van der Waals surface area contributed by atoms with Gasteiger partial charge in [0.2, 0.25) is 0 Å². The zero-order valence-corrected chi connectivity index (χ0v) is 12.1. The van der Waals surface area contributed by atoms with Crippen molar-refractivity contribution in [1.29, 1.82) is 0 Å².